The quantitative estimate of drug-likeness (QED) is 0.909. The summed E-state index contributed by atoms with van der Waals surface area (Å²) >= 11 is 0. The molecule has 3 heterocycles. The lowest BCUT2D eigenvalue weighted by atomic mass is 9.76. The van der Waals surface area contributed by atoms with E-state index in [1.165, 1.54) is 0 Å². The van der Waals surface area contributed by atoms with Gasteiger partial charge >= 0.3 is 6.18 Å². The molecule has 0 aliphatic carbocycles. The lowest BCUT2D eigenvalue weighted by Gasteiger charge is -2.54. The van der Waals surface area contributed by atoms with Crippen molar-refractivity contribution in [3.05, 3.63) is 42.3 Å². The van der Waals surface area contributed by atoms with Gasteiger partial charge in [-0.05, 0) is 24.3 Å². The highest BCUT2D eigenvalue weighted by Gasteiger charge is 2.50. The van der Waals surface area contributed by atoms with Crippen molar-refractivity contribution >= 4 is 10.0 Å². The number of rotatable bonds is 4. The average Bonchev–Trinajstić information content (AvgIpc) is 2.46. The molecular weight excluding hydrogens is 329 g/mol. The minimum absolute atomic E-state index is 0.203. The Hall–Kier alpha value is -1.12. The molecule has 0 amide bonds. The van der Waals surface area contributed by atoms with Crippen LogP contribution in [0.4, 0.5) is 13.2 Å². The van der Waals surface area contributed by atoms with E-state index in [0.717, 1.165) is 12.8 Å². The number of hydrogen-bond acceptors (Lipinski definition) is 3. The van der Waals surface area contributed by atoms with Crippen LogP contribution >= 0.6 is 0 Å². The van der Waals surface area contributed by atoms with Crippen LogP contribution in [0.15, 0.2) is 30.3 Å². The van der Waals surface area contributed by atoms with Crippen molar-refractivity contribution in [2.75, 3.05) is 18.8 Å². The third kappa shape index (κ3) is 3.54. The van der Waals surface area contributed by atoms with E-state index in [4.69, 9.17) is 0 Å². The largest absolute Gasteiger partial charge is 0.404 e. The van der Waals surface area contributed by atoms with Gasteiger partial charge in [0.05, 0.1) is 0 Å². The number of piperidine rings is 3. The van der Waals surface area contributed by atoms with Crippen molar-refractivity contribution in [1.82, 2.24) is 9.62 Å². The van der Waals surface area contributed by atoms with E-state index in [-0.39, 0.29) is 5.92 Å². The topological polar surface area (TPSA) is 49.4 Å². The molecule has 4 rings (SSSR count). The molecule has 3 saturated heterocycles. The highest BCUT2D eigenvalue weighted by Crippen LogP contribution is 2.43. The lowest BCUT2D eigenvalue weighted by Crippen LogP contribution is -2.65. The van der Waals surface area contributed by atoms with Gasteiger partial charge < -0.3 is 0 Å². The molecule has 2 bridgehead atoms. The Bertz CT molecular complexity index is 655. The molecular formula is C15H18F3N2O2S. The first-order chi connectivity index (χ1) is 10.7. The Morgan fingerprint density at radius 1 is 1.17 bits per heavy atom. The third-order valence-electron chi connectivity index (χ3n) is 4.39. The summed E-state index contributed by atoms with van der Waals surface area (Å²) in [7, 11) is -4.52. The predicted octanol–water partition coefficient (Wildman–Crippen LogP) is 2.25. The molecule has 0 aromatic heterocycles. The summed E-state index contributed by atoms with van der Waals surface area (Å²) in [4.78, 5) is 1.91. The number of sulfonamides is 1. The lowest BCUT2D eigenvalue weighted by molar-refractivity contribution is -0.106. The number of nitrogens with zero attached hydrogens (tertiary/aromatic N) is 1. The van der Waals surface area contributed by atoms with Crippen LogP contribution in [0.2, 0.25) is 0 Å². The van der Waals surface area contributed by atoms with Crippen LogP contribution in [0.1, 0.15) is 18.4 Å². The fourth-order valence-electron chi connectivity index (χ4n) is 3.48. The van der Waals surface area contributed by atoms with E-state index in [1.807, 2.05) is 11.3 Å². The molecule has 3 aliphatic rings. The van der Waals surface area contributed by atoms with Crippen LogP contribution in [-0.4, -0.2) is 38.3 Å². The van der Waals surface area contributed by atoms with Gasteiger partial charge in [0.25, 0.3) is 0 Å². The van der Waals surface area contributed by atoms with E-state index < -0.39 is 27.6 Å². The Labute approximate surface area is 133 Å². The number of alkyl halides is 3. The van der Waals surface area contributed by atoms with E-state index in [2.05, 4.69) is 4.72 Å². The van der Waals surface area contributed by atoms with Crippen LogP contribution in [0.5, 0.6) is 0 Å². The second kappa shape index (κ2) is 5.75. The van der Waals surface area contributed by atoms with Gasteiger partial charge in [-0.15, -0.1) is 0 Å². The molecule has 3 aliphatic heterocycles. The predicted molar refractivity (Wildman–Crippen MR) is 79.7 cm³/mol. The monoisotopic (exact) mass is 347 g/mol. The van der Waals surface area contributed by atoms with Crippen molar-refractivity contribution in [2.24, 2.45) is 5.92 Å². The number of halogens is 3. The normalized spacial score (nSPS) is 31.3. The summed E-state index contributed by atoms with van der Waals surface area (Å²) < 4.78 is 64.3. The van der Waals surface area contributed by atoms with Crippen molar-refractivity contribution in [3.8, 4) is 0 Å². The number of hydrogen-bond donors (Lipinski definition) is 1. The Balaban J connectivity index is 1.97. The zero-order chi connectivity index (χ0) is 16.7. The van der Waals surface area contributed by atoms with Gasteiger partial charge in [-0.1, -0.05) is 30.3 Å². The molecule has 4 nitrogen and oxygen atoms in total. The summed E-state index contributed by atoms with van der Waals surface area (Å²) in [6.07, 6.45) is -1.12. The molecule has 1 aromatic rings. The zero-order valence-electron chi connectivity index (χ0n) is 12.4. The van der Waals surface area contributed by atoms with Gasteiger partial charge in [-0.2, -0.15) is 17.9 Å². The highest BCUT2D eigenvalue weighted by atomic mass is 32.2. The van der Waals surface area contributed by atoms with Crippen molar-refractivity contribution < 1.29 is 21.6 Å². The van der Waals surface area contributed by atoms with Gasteiger partial charge in [0.1, 0.15) is 5.66 Å². The van der Waals surface area contributed by atoms with Crippen LogP contribution < -0.4 is 4.72 Å². The van der Waals surface area contributed by atoms with Gasteiger partial charge in [-0.3, -0.25) is 4.90 Å². The first-order valence-electron chi connectivity index (χ1n) is 7.45. The summed E-state index contributed by atoms with van der Waals surface area (Å²) in [5, 5.41) is 0. The Kier molecular flexibility index (Phi) is 4.18. The molecule has 127 valence electrons. The van der Waals surface area contributed by atoms with Crippen molar-refractivity contribution in [3.63, 3.8) is 0 Å². The van der Waals surface area contributed by atoms with E-state index in [1.54, 1.807) is 30.3 Å². The first kappa shape index (κ1) is 16.7. The second-order valence-corrected chi connectivity index (χ2v) is 7.82. The minimum Gasteiger partial charge on any atom is -0.281 e. The van der Waals surface area contributed by atoms with Crippen LogP contribution in [0.25, 0.3) is 0 Å². The Morgan fingerprint density at radius 2 is 1.78 bits per heavy atom. The Morgan fingerprint density at radius 3 is 2.26 bits per heavy atom. The maximum Gasteiger partial charge on any atom is 0.404 e. The molecule has 23 heavy (non-hydrogen) atoms. The molecule has 0 spiro atoms. The summed E-state index contributed by atoms with van der Waals surface area (Å²) in [6, 6.07) is 8.79. The van der Waals surface area contributed by atoms with Crippen molar-refractivity contribution in [1.29, 1.82) is 0 Å². The summed E-state index contributed by atoms with van der Waals surface area (Å²) in [5.74, 6) is -1.67. The number of nitrogens with one attached hydrogen (secondary N) is 1. The van der Waals surface area contributed by atoms with Gasteiger partial charge in [0.2, 0.25) is 10.0 Å². The maximum absolute atomic E-state index is 12.6. The first-order valence-corrected chi connectivity index (χ1v) is 9.10. The standard InChI is InChI=1S/C15H18F3N2O2S/c16-15(17,18)11-23(21,22)19-14(13-4-2-1-3-5-13)10-12-6-8-20(14)9-7-12/h1-5,10,12,19H,6-9,11H2. The molecule has 3 fully saturated rings. The fourth-order valence-corrected chi connectivity index (χ4v) is 4.77. The van der Waals surface area contributed by atoms with Gasteiger partial charge in [-0.25, -0.2) is 8.42 Å². The number of benzene rings is 1. The van der Waals surface area contributed by atoms with E-state index in [0.29, 0.717) is 18.7 Å². The maximum atomic E-state index is 12.6. The smallest absolute Gasteiger partial charge is 0.281 e. The second-order valence-electron chi connectivity index (χ2n) is 6.10. The van der Waals surface area contributed by atoms with Gasteiger partial charge in [0, 0.05) is 19.5 Å². The fraction of sp³-hybridized carbons (Fsp3) is 0.533. The molecule has 1 aromatic carbocycles. The molecule has 1 unspecified atom stereocenters. The summed E-state index contributed by atoms with van der Waals surface area (Å²) in [5.41, 5.74) is -0.540. The van der Waals surface area contributed by atoms with Crippen LogP contribution in [0.3, 0.4) is 0 Å². The van der Waals surface area contributed by atoms with Gasteiger partial charge in [0.15, 0.2) is 5.75 Å². The van der Waals surface area contributed by atoms with Crippen molar-refractivity contribution in [2.45, 2.75) is 24.7 Å². The van der Waals surface area contributed by atoms with Crippen LogP contribution in [-0.2, 0) is 15.7 Å². The molecule has 0 saturated carbocycles. The highest BCUT2D eigenvalue weighted by molar-refractivity contribution is 7.89. The molecule has 1 radical (unpaired) electrons. The van der Waals surface area contributed by atoms with E-state index >= 15 is 0 Å². The molecule has 1 N–H and O–H groups in total. The minimum atomic E-state index is -4.77. The number of fused-ring (bicyclic) bond motifs is 3. The SMILES string of the molecule is O=S(=O)(CC(F)(F)F)NC1(c2ccccc2)[CH]C2CCN1CC2. The molecule has 1 atom stereocenters. The summed E-state index contributed by atoms with van der Waals surface area (Å²) in [6.45, 7) is 1.31. The van der Waals surface area contributed by atoms with E-state index in [9.17, 15) is 21.6 Å². The zero-order valence-corrected chi connectivity index (χ0v) is 13.2. The van der Waals surface area contributed by atoms with Crippen LogP contribution in [0, 0.1) is 12.3 Å². The third-order valence-corrected chi connectivity index (χ3v) is 5.72. The average molecular weight is 347 g/mol. The molecule has 8 heteroatoms.